The van der Waals surface area contributed by atoms with Gasteiger partial charge in [-0.1, -0.05) is 19.1 Å². The Morgan fingerprint density at radius 1 is 1.12 bits per heavy atom. The van der Waals surface area contributed by atoms with E-state index in [4.69, 9.17) is 15.0 Å². The van der Waals surface area contributed by atoms with Crippen molar-refractivity contribution in [3.63, 3.8) is 0 Å². The molecule has 4 heteroatoms. The average Bonchev–Trinajstić information content (AvgIpc) is 2.52. The first-order valence-electron chi connectivity index (χ1n) is 6.09. The molecule has 92 valence electrons. The van der Waals surface area contributed by atoms with Crippen molar-refractivity contribution in [2.75, 3.05) is 5.73 Å². The van der Waals surface area contributed by atoms with Gasteiger partial charge in [0.15, 0.2) is 0 Å². The number of benzene rings is 1. The van der Waals surface area contributed by atoms with Gasteiger partial charge >= 0.3 is 7.12 Å². The molecule has 0 radical (unpaired) electrons. The second-order valence-electron chi connectivity index (χ2n) is 5.33. The highest BCUT2D eigenvalue weighted by atomic mass is 16.7. The van der Waals surface area contributed by atoms with Gasteiger partial charge in [-0.25, -0.2) is 0 Å². The van der Waals surface area contributed by atoms with Gasteiger partial charge in [-0.2, -0.15) is 0 Å². The van der Waals surface area contributed by atoms with Gasteiger partial charge in [0, 0.05) is 5.69 Å². The van der Waals surface area contributed by atoms with Crippen molar-refractivity contribution in [1.29, 1.82) is 0 Å². The molecule has 1 atom stereocenters. The van der Waals surface area contributed by atoms with Crippen LogP contribution in [0.4, 0.5) is 5.69 Å². The SMILES string of the molecule is CCC1(C)OB(c2ccc(N)cc2)OC1(C)C. The molecule has 1 saturated heterocycles. The Balaban J connectivity index is 2.24. The van der Waals surface area contributed by atoms with Crippen LogP contribution in [-0.2, 0) is 9.31 Å². The van der Waals surface area contributed by atoms with Crippen molar-refractivity contribution in [3.05, 3.63) is 24.3 Å². The number of nitrogens with two attached hydrogens (primary N) is 1. The predicted octanol–water partition coefficient (Wildman–Crippen LogP) is 1.96. The lowest BCUT2D eigenvalue weighted by Gasteiger charge is -2.35. The van der Waals surface area contributed by atoms with Gasteiger partial charge < -0.3 is 15.0 Å². The van der Waals surface area contributed by atoms with E-state index in [1.807, 2.05) is 24.3 Å². The van der Waals surface area contributed by atoms with E-state index in [0.29, 0.717) is 0 Å². The van der Waals surface area contributed by atoms with Crippen LogP contribution in [0.2, 0.25) is 0 Å². The summed E-state index contributed by atoms with van der Waals surface area (Å²) in [6.07, 6.45) is 0.922. The van der Waals surface area contributed by atoms with Crippen LogP contribution in [0, 0.1) is 0 Å². The monoisotopic (exact) mass is 233 g/mol. The lowest BCUT2D eigenvalue weighted by atomic mass is 9.79. The van der Waals surface area contributed by atoms with Crippen LogP contribution >= 0.6 is 0 Å². The molecule has 0 amide bonds. The van der Waals surface area contributed by atoms with E-state index in [1.165, 1.54) is 0 Å². The molecule has 0 bridgehead atoms. The summed E-state index contributed by atoms with van der Waals surface area (Å²) >= 11 is 0. The molecule has 3 nitrogen and oxygen atoms in total. The van der Waals surface area contributed by atoms with Crippen LogP contribution in [0.15, 0.2) is 24.3 Å². The van der Waals surface area contributed by atoms with Crippen LogP contribution < -0.4 is 11.2 Å². The van der Waals surface area contributed by atoms with E-state index >= 15 is 0 Å². The molecule has 1 heterocycles. The summed E-state index contributed by atoms with van der Waals surface area (Å²) in [5.74, 6) is 0. The fourth-order valence-corrected chi connectivity index (χ4v) is 2.09. The number of hydrogen-bond acceptors (Lipinski definition) is 3. The second kappa shape index (κ2) is 4.04. The van der Waals surface area contributed by atoms with Crippen molar-refractivity contribution >= 4 is 18.3 Å². The molecule has 1 aromatic carbocycles. The van der Waals surface area contributed by atoms with Crippen LogP contribution in [0.1, 0.15) is 34.1 Å². The molecule has 17 heavy (non-hydrogen) atoms. The molecule has 0 spiro atoms. The van der Waals surface area contributed by atoms with E-state index in [0.717, 1.165) is 17.6 Å². The number of anilines is 1. The standard InChI is InChI=1S/C13H20BNO2/c1-5-13(4)12(2,3)16-14(17-13)10-6-8-11(15)9-7-10/h6-9H,5,15H2,1-4H3. The lowest BCUT2D eigenvalue weighted by molar-refractivity contribution is -0.0118. The Hall–Kier alpha value is -0.995. The molecule has 0 saturated carbocycles. The van der Waals surface area contributed by atoms with E-state index < -0.39 is 0 Å². The maximum Gasteiger partial charge on any atom is 0.494 e. The third kappa shape index (κ3) is 2.07. The summed E-state index contributed by atoms with van der Waals surface area (Å²) in [4.78, 5) is 0. The van der Waals surface area contributed by atoms with Crippen LogP contribution in [-0.4, -0.2) is 18.3 Å². The first kappa shape index (κ1) is 12.5. The maximum atomic E-state index is 6.08. The van der Waals surface area contributed by atoms with Gasteiger partial charge in [0.2, 0.25) is 0 Å². The first-order valence-corrected chi connectivity index (χ1v) is 6.09. The highest BCUT2D eigenvalue weighted by Gasteiger charge is 2.53. The van der Waals surface area contributed by atoms with Crippen LogP contribution in [0.25, 0.3) is 0 Å². The quantitative estimate of drug-likeness (QED) is 0.627. The molecule has 2 rings (SSSR count). The first-order chi connectivity index (χ1) is 7.88. The summed E-state index contributed by atoms with van der Waals surface area (Å²) in [6.45, 7) is 8.38. The fraction of sp³-hybridized carbons (Fsp3) is 0.538. The Kier molecular flexibility index (Phi) is 2.96. The van der Waals surface area contributed by atoms with Gasteiger partial charge in [0.05, 0.1) is 11.2 Å². The third-order valence-corrected chi connectivity index (χ3v) is 3.93. The normalized spacial score (nSPS) is 27.4. The number of hydrogen-bond donors (Lipinski definition) is 1. The average molecular weight is 233 g/mol. The smallest absolute Gasteiger partial charge is 0.399 e. The lowest BCUT2D eigenvalue weighted by Crippen LogP contribution is -2.44. The highest BCUT2D eigenvalue weighted by Crippen LogP contribution is 2.39. The van der Waals surface area contributed by atoms with Gasteiger partial charge in [0.1, 0.15) is 0 Å². The van der Waals surface area contributed by atoms with Crippen molar-refractivity contribution in [3.8, 4) is 0 Å². The van der Waals surface area contributed by atoms with Crippen LogP contribution in [0.5, 0.6) is 0 Å². The summed E-state index contributed by atoms with van der Waals surface area (Å²) in [5.41, 5.74) is 6.91. The highest BCUT2D eigenvalue weighted by molar-refractivity contribution is 6.62. The van der Waals surface area contributed by atoms with Gasteiger partial charge in [-0.05, 0) is 44.8 Å². The Morgan fingerprint density at radius 2 is 1.71 bits per heavy atom. The second-order valence-corrected chi connectivity index (χ2v) is 5.33. The van der Waals surface area contributed by atoms with E-state index in [2.05, 4.69) is 27.7 Å². The summed E-state index contributed by atoms with van der Waals surface area (Å²) in [5, 5.41) is 0. The van der Waals surface area contributed by atoms with E-state index in [9.17, 15) is 0 Å². The Morgan fingerprint density at radius 3 is 2.18 bits per heavy atom. The summed E-state index contributed by atoms with van der Waals surface area (Å²) in [7, 11) is -0.296. The molecular weight excluding hydrogens is 213 g/mol. The molecule has 1 aliphatic heterocycles. The molecule has 0 aliphatic carbocycles. The zero-order chi connectivity index (χ0) is 12.7. The predicted molar refractivity (Wildman–Crippen MR) is 71.2 cm³/mol. The fourth-order valence-electron chi connectivity index (χ4n) is 2.09. The van der Waals surface area contributed by atoms with E-state index in [1.54, 1.807) is 0 Å². The van der Waals surface area contributed by atoms with Crippen LogP contribution in [0.3, 0.4) is 0 Å². The third-order valence-electron chi connectivity index (χ3n) is 3.93. The number of rotatable bonds is 2. The molecule has 2 N–H and O–H groups in total. The zero-order valence-corrected chi connectivity index (χ0v) is 11.0. The molecular formula is C13H20BNO2. The summed E-state index contributed by atoms with van der Waals surface area (Å²) in [6, 6.07) is 7.66. The molecule has 1 aliphatic rings. The van der Waals surface area contributed by atoms with E-state index in [-0.39, 0.29) is 18.3 Å². The van der Waals surface area contributed by atoms with Crippen molar-refractivity contribution < 1.29 is 9.31 Å². The minimum Gasteiger partial charge on any atom is -0.399 e. The van der Waals surface area contributed by atoms with Crippen molar-refractivity contribution in [2.24, 2.45) is 0 Å². The van der Waals surface area contributed by atoms with Crippen molar-refractivity contribution in [1.82, 2.24) is 0 Å². The molecule has 0 aromatic heterocycles. The maximum absolute atomic E-state index is 6.08. The zero-order valence-electron chi connectivity index (χ0n) is 11.0. The topological polar surface area (TPSA) is 44.5 Å². The molecule has 1 unspecified atom stereocenters. The molecule has 1 aromatic rings. The Bertz CT molecular complexity index is 404. The minimum atomic E-state index is -0.296. The van der Waals surface area contributed by atoms with Gasteiger partial charge in [0.25, 0.3) is 0 Å². The van der Waals surface area contributed by atoms with Crippen molar-refractivity contribution in [2.45, 2.75) is 45.3 Å². The van der Waals surface area contributed by atoms with Gasteiger partial charge in [-0.3, -0.25) is 0 Å². The summed E-state index contributed by atoms with van der Waals surface area (Å²) < 4.78 is 12.1. The molecule has 1 fully saturated rings. The minimum absolute atomic E-state index is 0.251. The Labute approximate surface area is 103 Å². The number of nitrogen functional groups attached to an aromatic ring is 1. The van der Waals surface area contributed by atoms with Gasteiger partial charge in [-0.15, -0.1) is 0 Å². The largest absolute Gasteiger partial charge is 0.494 e.